The van der Waals surface area contributed by atoms with Crippen LogP contribution < -0.4 is 4.74 Å². The van der Waals surface area contributed by atoms with Crippen LogP contribution in [0.2, 0.25) is 0 Å². The van der Waals surface area contributed by atoms with Gasteiger partial charge in [-0.05, 0) is 40.2 Å². The summed E-state index contributed by atoms with van der Waals surface area (Å²) in [6, 6.07) is 6.40. The molecule has 0 bridgehead atoms. The molecule has 0 saturated carbocycles. The molecule has 0 radical (unpaired) electrons. The molecule has 5 nitrogen and oxygen atoms in total. The smallest absolute Gasteiger partial charge is 0.332 e. The van der Waals surface area contributed by atoms with E-state index in [1.54, 1.807) is 0 Å². The first-order valence-electron chi connectivity index (χ1n) is 4.79. The highest BCUT2D eigenvalue weighted by Gasteiger charge is 2.18. The van der Waals surface area contributed by atoms with E-state index in [1.165, 1.54) is 36.5 Å². The molecule has 0 fully saturated rings. The summed E-state index contributed by atoms with van der Waals surface area (Å²) in [5.74, 6) is -0.287. The first-order valence-corrected chi connectivity index (χ1v) is 5.59. The van der Waals surface area contributed by atoms with Crippen LogP contribution >= 0.6 is 15.9 Å². The van der Waals surface area contributed by atoms with Gasteiger partial charge in [0.25, 0.3) is 5.88 Å². The maximum atomic E-state index is 12.7. The second kappa shape index (κ2) is 5.09. The van der Waals surface area contributed by atoms with Gasteiger partial charge in [-0.15, -0.1) is 0 Å². The molecule has 0 atom stereocenters. The largest absolute Gasteiger partial charge is 0.434 e. The standard InChI is InChI=1S/C11H6BrFN2O3/c12-7-5-10(15(16)17)11(14-6-7)18-9-3-1-8(13)2-4-9/h1-6H. The molecule has 0 amide bonds. The van der Waals surface area contributed by atoms with Gasteiger partial charge in [0.2, 0.25) is 0 Å². The number of hydrogen-bond donors (Lipinski definition) is 0. The van der Waals surface area contributed by atoms with Crippen molar-refractivity contribution in [1.29, 1.82) is 0 Å². The normalized spacial score (nSPS) is 10.1. The van der Waals surface area contributed by atoms with Crippen LogP contribution in [0, 0.1) is 15.9 Å². The summed E-state index contributed by atoms with van der Waals surface area (Å²) in [7, 11) is 0. The third-order valence-corrected chi connectivity index (χ3v) is 2.46. The van der Waals surface area contributed by atoms with Gasteiger partial charge in [-0.2, -0.15) is 0 Å². The SMILES string of the molecule is O=[N+]([O-])c1cc(Br)cnc1Oc1ccc(F)cc1. The minimum absolute atomic E-state index is 0.144. The number of nitro groups is 1. The molecule has 1 heterocycles. The molecule has 2 rings (SSSR count). The molecule has 7 heteroatoms. The molecular weight excluding hydrogens is 307 g/mol. The highest BCUT2D eigenvalue weighted by Crippen LogP contribution is 2.31. The van der Waals surface area contributed by atoms with Gasteiger partial charge in [0, 0.05) is 16.7 Å². The molecule has 0 N–H and O–H groups in total. The van der Waals surface area contributed by atoms with Crippen LogP contribution in [0.25, 0.3) is 0 Å². The Labute approximate surface area is 110 Å². The molecule has 1 aromatic heterocycles. The van der Waals surface area contributed by atoms with Crippen LogP contribution in [0.4, 0.5) is 10.1 Å². The maximum Gasteiger partial charge on any atom is 0.332 e. The Hall–Kier alpha value is -2.02. The average Bonchev–Trinajstić information content (AvgIpc) is 2.34. The van der Waals surface area contributed by atoms with Gasteiger partial charge in [0.15, 0.2) is 0 Å². The fourth-order valence-corrected chi connectivity index (χ4v) is 1.56. The second-order valence-electron chi connectivity index (χ2n) is 3.29. The van der Waals surface area contributed by atoms with Gasteiger partial charge < -0.3 is 4.74 Å². The molecule has 92 valence electrons. The summed E-state index contributed by atoms with van der Waals surface area (Å²) >= 11 is 3.09. The minimum atomic E-state index is -0.601. The lowest BCUT2D eigenvalue weighted by atomic mass is 10.3. The Kier molecular flexibility index (Phi) is 3.52. The van der Waals surface area contributed by atoms with Crippen molar-refractivity contribution < 1.29 is 14.1 Å². The van der Waals surface area contributed by atoms with E-state index in [-0.39, 0.29) is 17.3 Å². The van der Waals surface area contributed by atoms with Crippen LogP contribution in [0.3, 0.4) is 0 Å². The van der Waals surface area contributed by atoms with E-state index < -0.39 is 10.7 Å². The lowest BCUT2D eigenvalue weighted by Crippen LogP contribution is -1.96. The van der Waals surface area contributed by atoms with Crippen molar-refractivity contribution in [2.75, 3.05) is 0 Å². The van der Waals surface area contributed by atoms with Crippen molar-refractivity contribution in [2.24, 2.45) is 0 Å². The Bertz CT molecular complexity index is 589. The zero-order chi connectivity index (χ0) is 13.1. The molecule has 0 spiro atoms. The lowest BCUT2D eigenvalue weighted by Gasteiger charge is -2.05. The predicted octanol–water partition coefficient (Wildman–Crippen LogP) is 3.68. The third-order valence-electron chi connectivity index (χ3n) is 2.02. The Morgan fingerprint density at radius 3 is 2.61 bits per heavy atom. The van der Waals surface area contributed by atoms with E-state index in [2.05, 4.69) is 20.9 Å². The third kappa shape index (κ3) is 2.80. The monoisotopic (exact) mass is 312 g/mol. The van der Waals surface area contributed by atoms with Crippen LogP contribution in [-0.4, -0.2) is 9.91 Å². The van der Waals surface area contributed by atoms with Gasteiger partial charge in [-0.25, -0.2) is 9.37 Å². The molecular formula is C11H6BrFN2O3. The van der Waals surface area contributed by atoms with Crippen molar-refractivity contribution in [2.45, 2.75) is 0 Å². The van der Waals surface area contributed by atoms with Gasteiger partial charge >= 0.3 is 5.69 Å². The first kappa shape index (κ1) is 12.4. The summed E-state index contributed by atoms with van der Waals surface area (Å²) in [5.41, 5.74) is -0.270. The minimum Gasteiger partial charge on any atom is -0.434 e. The summed E-state index contributed by atoms with van der Waals surface area (Å²) in [6.07, 6.45) is 1.38. The van der Waals surface area contributed by atoms with Crippen molar-refractivity contribution in [3.8, 4) is 11.6 Å². The van der Waals surface area contributed by atoms with Crippen molar-refractivity contribution >= 4 is 21.6 Å². The van der Waals surface area contributed by atoms with E-state index in [0.29, 0.717) is 4.47 Å². The van der Waals surface area contributed by atoms with Crippen LogP contribution in [0.1, 0.15) is 0 Å². The molecule has 2 aromatic rings. The number of ether oxygens (including phenoxy) is 1. The van der Waals surface area contributed by atoms with E-state index in [1.807, 2.05) is 0 Å². The fraction of sp³-hybridized carbons (Fsp3) is 0. The number of nitrogens with zero attached hydrogens (tertiary/aromatic N) is 2. The predicted molar refractivity (Wildman–Crippen MR) is 65.1 cm³/mol. The molecule has 0 aliphatic rings. The summed E-state index contributed by atoms with van der Waals surface area (Å²) < 4.78 is 18.4. The van der Waals surface area contributed by atoms with Crippen molar-refractivity contribution in [3.05, 3.63) is 56.9 Å². The van der Waals surface area contributed by atoms with Gasteiger partial charge in [0.05, 0.1) is 4.92 Å². The summed E-state index contributed by atoms with van der Waals surface area (Å²) in [6.45, 7) is 0. The Morgan fingerprint density at radius 2 is 2.00 bits per heavy atom. The molecule has 0 aliphatic carbocycles. The van der Waals surface area contributed by atoms with E-state index >= 15 is 0 Å². The topological polar surface area (TPSA) is 65.3 Å². The number of aromatic nitrogens is 1. The highest BCUT2D eigenvalue weighted by molar-refractivity contribution is 9.10. The number of rotatable bonds is 3. The number of pyridine rings is 1. The Balaban J connectivity index is 2.34. The number of hydrogen-bond acceptors (Lipinski definition) is 4. The quantitative estimate of drug-likeness (QED) is 0.640. The lowest BCUT2D eigenvalue weighted by molar-refractivity contribution is -0.386. The molecule has 1 aromatic carbocycles. The Morgan fingerprint density at radius 1 is 1.33 bits per heavy atom. The van der Waals surface area contributed by atoms with Crippen LogP contribution in [0.15, 0.2) is 41.0 Å². The fourth-order valence-electron chi connectivity index (χ4n) is 1.24. The molecule has 0 unspecified atom stereocenters. The first-order chi connectivity index (χ1) is 8.56. The van der Waals surface area contributed by atoms with Crippen molar-refractivity contribution in [1.82, 2.24) is 4.98 Å². The zero-order valence-corrected chi connectivity index (χ0v) is 10.4. The number of halogens is 2. The second-order valence-corrected chi connectivity index (χ2v) is 4.21. The van der Waals surface area contributed by atoms with E-state index in [9.17, 15) is 14.5 Å². The summed E-state index contributed by atoms with van der Waals surface area (Å²) in [5, 5.41) is 10.8. The highest BCUT2D eigenvalue weighted by atomic mass is 79.9. The van der Waals surface area contributed by atoms with Gasteiger partial charge in [0.1, 0.15) is 11.6 Å². The average molecular weight is 313 g/mol. The van der Waals surface area contributed by atoms with E-state index in [4.69, 9.17) is 4.74 Å². The zero-order valence-electron chi connectivity index (χ0n) is 8.84. The van der Waals surface area contributed by atoms with E-state index in [0.717, 1.165) is 0 Å². The van der Waals surface area contributed by atoms with Gasteiger partial charge in [-0.3, -0.25) is 10.1 Å². The molecule has 0 aliphatic heterocycles. The van der Waals surface area contributed by atoms with Crippen LogP contribution in [0.5, 0.6) is 11.6 Å². The van der Waals surface area contributed by atoms with Crippen LogP contribution in [-0.2, 0) is 0 Å². The van der Waals surface area contributed by atoms with Gasteiger partial charge in [-0.1, -0.05) is 0 Å². The summed E-state index contributed by atoms with van der Waals surface area (Å²) in [4.78, 5) is 14.0. The van der Waals surface area contributed by atoms with Crippen molar-refractivity contribution in [3.63, 3.8) is 0 Å². The number of benzene rings is 1. The maximum absolute atomic E-state index is 12.7. The molecule has 0 saturated heterocycles. The molecule has 18 heavy (non-hydrogen) atoms.